The molecule has 0 atom stereocenters. The first-order valence-corrected chi connectivity index (χ1v) is 7.57. The number of anilines is 1. The lowest BCUT2D eigenvalue weighted by atomic mass is 10.3. The van der Waals surface area contributed by atoms with Crippen molar-refractivity contribution in [1.82, 2.24) is 9.29 Å². The highest BCUT2D eigenvalue weighted by Crippen LogP contribution is 2.11. The number of hydrogen-bond acceptors (Lipinski definition) is 5. The van der Waals surface area contributed by atoms with Crippen LogP contribution >= 0.6 is 0 Å². The number of morpholine rings is 1. The van der Waals surface area contributed by atoms with Crippen LogP contribution in [-0.2, 0) is 14.9 Å². The summed E-state index contributed by atoms with van der Waals surface area (Å²) in [5.41, 5.74) is 5.75. The Labute approximate surface area is 118 Å². The van der Waals surface area contributed by atoms with Crippen LogP contribution < -0.4 is 10.5 Å². The molecule has 0 amide bonds. The summed E-state index contributed by atoms with van der Waals surface area (Å²) in [6.07, 6.45) is 0. The van der Waals surface area contributed by atoms with Gasteiger partial charge in [-0.2, -0.15) is 12.7 Å². The minimum absolute atomic E-state index is 0.228. The summed E-state index contributed by atoms with van der Waals surface area (Å²) >= 11 is 0. The number of hydrogen-bond donors (Lipinski definition) is 2. The van der Waals surface area contributed by atoms with E-state index < -0.39 is 10.2 Å². The summed E-state index contributed by atoms with van der Waals surface area (Å²) in [6, 6.07) is 4.95. The van der Waals surface area contributed by atoms with Gasteiger partial charge in [0, 0.05) is 13.1 Å². The van der Waals surface area contributed by atoms with Gasteiger partial charge in [0.2, 0.25) is 0 Å². The second kappa shape index (κ2) is 6.67. The van der Waals surface area contributed by atoms with Gasteiger partial charge >= 0.3 is 10.2 Å². The highest BCUT2D eigenvalue weighted by molar-refractivity contribution is 7.90. The van der Waals surface area contributed by atoms with Gasteiger partial charge in [-0.15, -0.1) is 0 Å². The molecule has 2 rings (SSSR count). The third-order valence-electron chi connectivity index (χ3n) is 2.61. The zero-order chi connectivity index (χ0) is 14.4. The van der Waals surface area contributed by atoms with Crippen molar-refractivity contribution in [3.63, 3.8) is 0 Å². The quantitative estimate of drug-likeness (QED) is 0.725. The number of nitrogens with two attached hydrogens (primary N) is 1. The van der Waals surface area contributed by atoms with Crippen molar-refractivity contribution < 1.29 is 13.2 Å². The van der Waals surface area contributed by atoms with Crippen LogP contribution in [0.4, 0.5) is 5.82 Å². The average Bonchev–Trinajstić information content (AvgIpc) is 2.46. The molecule has 0 saturated carbocycles. The van der Waals surface area contributed by atoms with Crippen LogP contribution in [0.15, 0.2) is 18.2 Å². The molecule has 3 N–H and O–H groups in total. The van der Waals surface area contributed by atoms with Gasteiger partial charge in [0.1, 0.15) is 11.5 Å². The molecule has 0 aromatic carbocycles. The van der Waals surface area contributed by atoms with Crippen LogP contribution in [0.25, 0.3) is 0 Å². The number of aromatic nitrogens is 1. The van der Waals surface area contributed by atoms with Gasteiger partial charge in [-0.05, 0) is 18.1 Å². The second-order valence-electron chi connectivity index (χ2n) is 4.03. The molecule has 0 radical (unpaired) electrons. The van der Waals surface area contributed by atoms with E-state index >= 15 is 0 Å². The average molecular weight is 296 g/mol. The molecular formula is C12H16N4O3S. The maximum atomic E-state index is 12.1. The fourth-order valence-corrected chi connectivity index (χ4v) is 2.82. The molecule has 0 aliphatic carbocycles. The number of nitrogens with one attached hydrogen (secondary N) is 1. The van der Waals surface area contributed by atoms with Crippen molar-refractivity contribution in [2.75, 3.05) is 37.6 Å². The lowest BCUT2D eigenvalue weighted by Gasteiger charge is -2.26. The van der Waals surface area contributed by atoms with Gasteiger partial charge in [-0.1, -0.05) is 12.0 Å². The van der Waals surface area contributed by atoms with Gasteiger partial charge in [-0.25, -0.2) is 4.98 Å². The molecule has 1 aliphatic rings. The van der Waals surface area contributed by atoms with E-state index in [1.807, 2.05) is 0 Å². The molecule has 108 valence electrons. The first-order valence-electron chi connectivity index (χ1n) is 6.13. The molecule has 0 bridgehead atoms. The first-order chi connectivity index (χ1) is 9.62. The predicted molar refractivity (Wildman–Crippen MR) is 75.1 cm³/mol. The van der Waals surface area contributed by atoms with Crippen LogP contribution in [0.3, 0.4) is 0 Å². The largest absolute Gasteiger partial charge is 0.379 e. The van der Waals surface area contributed by atoms with E-state index in [0.29, 0.717) is 32.0 Å². The maximum Gasteiger partial charge on any atom is 0.302 e. The van der Waals surface area contributed by atoms with E-state index in [1.165, 1.54) is 4.31 Å². The van der Waals surface area contributed by atoms with Gasteiger partial charge in [0.05, 0.1) is 19.8 Å². The Morgan fingerprint density at radius 2 is 2.15 bits per heavy atom. The van der Waals surface area contributed by atoms with Gasteiger partial charge in [-0.3, -0.25) is 4.72 Å². The van der Waals surface area contributed by atoms with Crippen LogP contribution in [0.1, 0.15) is 5.69 Å². The lowest BCUT2D eigenvalue weighted by Crippen LogP contribution is -2.43. The second-order valence-corrected chi connectivity index (χ2v) is 5.70. The summed E-state index contributed by atoms with van der Waals surface area (Å²) in [4.78, 5) is 4.11. The first kappa shape index (κ1) is 14.7. The molecule has 0 spiro atoms. The SMILES string of the molecule is NCC#Cc1cccc(NS(=O)(=O)N2CCOCC2)n1. The van der Waals surface area contributed by atoms with E-state index in [1.54, 1.807) is 18.2 Å². The third-order valence-corrected chi connectivity index (χ3v) is 4.12. The Morgan fingerprint density at radius 3 is 2.85 bits per heavy atom. The molecule has 1 saturated heterocycles. The summed E-state index contributed by atoms with van der Waals surface area (Å²) in [7, 11) is -3.61. The fourth-order valence-electron chi connectivity index (χ4n) is 1.69. The normalized spacial score (nSPS) is 16.2. The topological polar surface area (TPSA) is 97.5 Å². The van der Waals surface area contributed by atoms with Crippen molar-refractivity contribution in [2.45, 2.75) is 0 Å². The van der Waals surface area contributed by atoms with Crippen molar-refractivity contribution in [3.8, 4) is 11.8 Å². The molecule has 1 aromatic rings. The van der Waals surface area contributed by atoms with Crippen LogP contribution in [0, 0.1) is 11.8 Å². The Morgan fingerprint density at radius 1 is 1.40 bits per heavy atom. The Balaban J connectivity index is 2.12. The van der Waals surface area contributed by atoms with Crippen LogP contribution in [0.5, 0.6) is 0 Å². The number of nitrogens with zero attached hydrogens (tertiary/aromatic N) is 2. The zero-order valence-electron chi connectivity index (χ0n) is 10.9. The summed E-state index contributed by atoms with van der Waals surface area (Å²) < 4.78 is 33.2. The molecular weight excluding hydrogens is 280 g/mol. The van der Waals surface area contributed by atoms with E-state index in [0.717, 1.165) is 0 Å². The summed E-state index contributed by atoms with van der Waals surface area (Å²) in [5.74, 6) is 5.66. The molecule has 8 heteroatoms. The predicted octanol–water partition coefficient (Wildman–Crippen LogP) is -0.619. The minimum atomic E-state index is -3.61. The van der Waals surface area contributed by atoms with Gasteiger partial charge in [0.25, 0.3) is 0 Å². The van der Waals surface area contributed by atoms with E-state index in [2.05, 4.69) is 21.5 Å². The van der Waals surface area contributed by atoms with E-state index in [4.69, 9.17) is 10.5 Å². The van der Waals surface area contributed by atoms with Crippen LogP contribution in [0.2, 0.25) is 0 Å². The Bertz CT molecular complexity index is 615. The molecule has 0 unspecified atom stereocenters. The molecule has 20 heavy (non-hydrogen) atoms. The molecule has 1 fully saturated rings. The molecule has 1 aromatic heterocycles. The Kier molecular flexibility index (Phi) is 4.92. The highest BCUT2D eigenvalue weighted by atomic mass is 32.2. The lowest BCUT2D eigenvalue weighted by molar-refractivity contribution is 0.0733. The van der Waals surface area contributed by atoms with Gasteiger partial charge in [0.15, 0.2) is 0 Å². The van der Waals surface area contributed by atoms with Crippen molar-refractivity contribution >= 4 is 16.0 Å². The minimum Gasteiger partial charge on any atom is -0.379 e. The standard InChI is InChI=1S/C12H16N4O3S/c13-6-2-4-11-3-1-5-12(14-11)15-20(17,18)16-7-9-19-10-8-16/h1,3,5H,6-10,13H2,(H,14,15). The van der Waals surface area contributed by atoms with Crippen LogP contribution in [-0.4, -0.2) is 50.6 Å². The fraction of sp³-hybridized carbons (Fsp3) is 0.417. The molecule has 7 nitrogen and oxygen atoms in total. The molecule has 2 heterocycles. The number of ether oxygens (including phenoxy) is 1. The van der Waals surface area contributed by atoms with Crippen molar-refractivity contribution in [3.05, 3.63) is 23.9 Å². The highest BCUT2D eigenvalue weighted by Gasteiger charge is 2.24. The molecule has 1 aliphatic heterocycles. The Hall–Kier alpha value is -1.66. The smallest absolute Gasteiger partial charge is 0.302 e. The van der Waals surface area contributed by atoms with Gasteiger partial charge < -0.3 is 10.5 Å². The number of pyridine rings is 1. The number of rotatable bonds is 3. The zero-order valence-corrected chi connectivity index (χ0v) is 11.7. The van der Waals surface area contributed by atoms with Crippen molar-refractivity contribution in [2.24, 2.45) is 5.73 Å². The van der Waals surface area contributed by atoms with E-state index in [9.17, 15) is 8.42 Å². The van der Waals surface area contributed by atoms with E-state index in [-0.39, 0.29) is 12.4 Å². The summed E-state index contributed by atoms with van der Waals surface area (Å²) in [6.45, 7) is 1.70. The summed E-state index contributed by atoms with van der Waals surface area (Å²) in [5, 5.41) is 0. The monoisotopic (exact) mass is 296 g/mol. The van der Waals surface area contributed by atoms with Crippen molar-refractivity contribution in [1.29, 1.82) is 0 Å². The maximum absolute atomic E-state index is 12.1. The third kappa shape index (κ3) is 3.91.